The first-order chi connectivity index (χ1) is 16.8. The fraction of sp³-hybridized carbons (Fsp3) is 0.462. The number of benzene rings is 1. The minimum Gasteiger partial charge on any atom is -0.494 e. The zero-order valence-corrected chi connectivity index (χ0v) is 20.8. The SMILES string of the molecule is CCCCn1c(=O)c2c(nc3n(Cc4ccccc4)c(O)c(C(C)C)c(=O)n23)n(CCCC)c1=O. The second kappa shape index (κ2) is 9.93. The molecule has 3 heterocycles. The van der Waals surface area contributed by atoms with Crippen molar-refractivity contribution in [3.8, 4) is 5.88 Å². The Morgan fingerprint density at radius 2 is 1.51 bits per heavy atom. The number of fused-ring (bicyclic) bond motifs is 3. The molecule has 3 aromatic heterocycles. The number of imidazole rings is 1. The van der Waals surface area contributed by atoms with Gasteiger partial charge in [-0.15, -0.1) is 0 Å². The summed E-state index contributed by atoms with van der Waals surface area (Å²) < 4.78 is 5.57. The summed E-state index contributed by atoms with van der Waals surface area (Å²) in [5.74, 6) is -0.323. The van der Waals surface area contributed by atoms with Crippen LogP contribution in [0.3, 0.4) is 0 Å². The highest BCUT2D eigenvalue weighted by atomic mass is 16.3. The Morgan fingerprint density at radius 3 is 2.11 bits per heavy atom. The molecule has 4 aromatic rings. The van der Waals surface area contributed by atoms with Crippen LogP contribution in [0.15, 0.2) is 44.7 Å². The van der Waals surface area contributed by atoms with Crippen molar-refractivity contribution in [3.05, 3.63) is 72.7 Å². The van der Waals surface area contributed by atoms with Crippen LogP contribution in [0.4, 0.5) is 0 Å². The number of aromatic hydroxyl groups is 1. The fourth-order valence-corrected chi connectivity index (χ4v) is 4.51. The zero-order chi connectivity index (χ0) is 25.3. The average Bonchev–Trinajstić information content (AvgIpc) is 3.23. The maximum Gasteiger partial charge on any atom is 0.332 e. The third-order valence-corrected chi connectivity index (χ3v) is 6.41. The van der Waals surface area contributed by atoms with Gasteiger partial charge in [0, 0.05) is 13.1 Å². The molecule has 4 rings (SSSR count). The lowest BCUT2D eigenvalue weighted by atomic mass is 10.1. The van der Waals surface area contributed by atoms with E-state index in [9.17, 15) is 19.5 Å². The van der Waals surface area contributed by atoms with E-state index in [1.165, 1.54) is 13.5 Å². The normalized spacial score (nSPS) is 11.8. The summed E-state index contributed by atoms with van der Waals surface area (Å²) in [6.45, 7) is 8.58. The van der Waals surface area contributed by atoms with Crippen LogP contribution in [-0.2, 0) is 19.6 Å². The van der Waals surface area contributed by atoms with E-state index in [0.29, 0.717) is 13.0 Å². The minimum atomic E-state index is -0.526. The van der Waals surface area contributed by atoms with Gasteiger partial charge in [0.15, 0.2) is 11.2 Å². The quantitative estimate of drug-likeness (QED) is 0.396. The zero-order valence-electron chi connectivity index (χ0n) is 20.8. The van der Waals surface area contributed by atoms with Crippen molar-refractivity contribution in [1.82, 2.24) is 23.1 Å². The molecule has 0 saturated carbocycles. The second-order valence-electron chi connectivity index (χ2n) is 9.29. The third-order valence-electron chi connectivity index (χ3n) is 6.41. The largest absolute Gasteiger partial charge is 0.494 e. The van der Waals surface area contributed by atoms with Crippen LogP contribution in [-0.4, -0.2) is 28.2 Å². The predicted molar refractivity (Wildman–Crippen MR) is 137 cm³/mol. The monoisotopic (exact) mass is 479 g/mol. The molecule has 0 saturated heterocycles. The van der Waals surface area contributed by atoms with E-state index in [4.69, 9.17) is 0 Å². The first kappa shape index (κ1) is 24.5. The molecule has 9 nitrogen and oxygen atoms in total. The van der Waals surface area contributed by atoms with Crippen LogP contribution >= 0.6 is 0 Å². The van der Waals surface area contributed by atoms with Crippen LogP contribution in [0.2, 0.25) is 0 Å². The summed E-state index contributed by atoms with van der Waals surface area (Å²) in [4.78, 5) is 45.3. The number of hydrogen-bond acceptors (Lipinski definition) is 5. The highest BCUT2D eigenvalue weighted by Crippen LogP contribution is 2.26. The lowest BCUT2D eigenvalue weighted by Crippen LogP contribution is -2.41. The molecular formula is C26H33N5O4. The van der Waals surface area contributed by atoms with Gasteiger partial charge in [-0.3, -0.25) is 23.3 Å². The lowest BCUT2D eigenvalue weighted by molar-refractivity contribution is 0.408. The van der Waals surface area contributed by atoms with Gasteiger partial charge in [0.05, 0.1) is 12.1 Å². The number of aromatic nitrogens is 5. The van der Waals surface area contributed by atoms with Crippen LogP contribution < -0.4 is 16.8 Å². The highest BCUT2D eigenvalue weighted by Gasteiger charge is 2.26. The molecule has 1 N–H and O–H groups in total. The van der Waals surface area contributed by atoms with E-state index >= 15 is 0 Å². The molecule has 0 amide bonds. The van der Waals surface area contributed by atoms with Gasteiger partial charge in [-0.1, -0.05) is 70.9 Å². The van der Waals surface area contributed by atoms with Gasteiger partial charge < -0.3 is 5.11 Å². The first-order valence-electron chi connectivity index (χ1n) is 12.4. The minimum absolute atomic E-state index is 0.0838. The van der Waals surface area contributed by atoms with Crippen molar-refractivity contribution in [1.29, 1.82) is 0 Å². The van der Waals surface area contributed by atoms with Crippen LogP contribution in [0.25, 0.3) is 16.9 Å². The Hall–Kier alpha value is -3.62. The Kier molecular flexibility index (Phi) is 6.95. The molecule has 0 fully saturated rings. The Labute approximate surface area is 202 Å². The molecule has 0 aliphatic rings. The molecule has 0 unspecified atom stereocenters. The Balaban J connectivity index is 2.18. The van der Waals surface area contributed by atoms with E-state index in [1.807, 2.05) is 58.0 Å². The number of nitrogens with zero attached hydrogens (tertiary/aromatic N) is 5. The van der Waals surface area contributed by atoms with Crippen LogP contribution in [0.1, 0.15) is 70.4 Å². The topological polar surface area (TPSA) is 104 Å². The van der Waals surface area contributed by atoms with Crippen molar-refractivity contribution >= 4 is 16.9 Å². The molecule has 0 spiro atoms. The van der Waals surface area contributed by atoms with Gasteiger partial charge in [0.2, 0.25) is 11.7 Å². The summed E-state index contributed by atoms with van der Waals surface area (Å²) in [6, 6.07) is 9.53. The number of unbranched alkanes of at least 4 members (excludes halogenated alkanes) is 2. The molecular weight excluding hydrogens is 446 g/mol. The van der Waals surface area contributed by atoms with E-state index in [-0.39, 0.29) is 47.4 Å². The van der Waals surface area contributed by atoms with Crippen molar-refractivity contribution in [2.24, 2.45) is 0 Å². The molecule has 0 bridgehead atoms. The van der Waals surface area contributed by atoms with Gasteiger partial charge >= 0.3 is 5.69 Å². The smallest absolute Gasteiger partial charge is 0.332 e. The molecule has 35 heavy (non-hydrogen) atoms. The van der Waals surface area contributed by atoms with Crippen molar-refractivity contribution in [2.45, 2.75) is 78.9 Å². The van der Waals surface area contributed by atoms with Crippen molar-refractivity contribution < 1.29 is 5.11 Å². The summed E-state index contributed by atoms with van der Waals surface area (Å²) in [6.07, 6.45) is 3.07. The number of hydrogen-bond donors (Lipinski definition) is 1. The molecule has 0 atom stereocenters. The van der Waals surface area contributed by atoms with Crippen LogP contribution in [0.5, 0.6) is 5.88 Å². The second-order valence-corrected chi connectivity index (χ2v) is 9.29. The number of rotatable bonds is 9. The maximum absolute atomic E-state index is 13.7. The van der Waals surface area contributed by atoms with Gasteiger partial charge in [-0.25, -0.2) is 9.20 Å². The molecule has 9 heteroatoms. The molecule has 0 radical (unpaired) electrons. The van der Waals surface area contributed by atoms with E-state index < -0.39 is 16.8 Å². The molecule has 0 aliphatic carbocycles. The van der Waals surface area contributed by atoms with Crippen LogP contribution in [0, 0.1) is 0 Å². The van der Waals surface area contributed by atoms with Gasteiger partial charge in [-0.2, -0.15) is 4.98 Å². The van der Waals surface area contributed by atoms with Gasteiger partial charge in [0.1, 0.15) is 0 Å². The highest BCUT2D eigenvalue weighted by molar-refractivity contribution is 5.76. The Bertz CT molecular complexity index is 1540. The summed E-state index contributed by atoms with van der Waals surface area (Å²) in [5.41, 5.74) is -0.0527. The standard InChI is InChI=1S/C26H33N5O4/c1-5-7-14-28-21-20(24(34)29(26(28)35)15-8-6-2)31-23(33)19(17(3)4)22(32)30(25(31)27-21)16-18-12-10-9-11-13-18/h9-13,17,32H,5-8,14-16H2,1-4H3. The average molecular weight is 480 g/mol. The summed E-state index contributed by atoms with van der Waals surface area (Å²) in [5, 5.41) is 11.2. The fourth-order valence-electron chi connectivity index (χ4n) is 4.51. The number of aryl methyl sites for hydroxylation is 1. The van der Waals surface area contributed by atoms with E-state index in [2.05, 4.69) is 4.98 Å². The Morgan fingerprint density at radius 1 is 0.886 bits per heavy atom. The van der Waals surface area contributed by atoms with E-state index in [1.54, 1.807) is 4.57 Å². The molecule has 1 aromatic carbocycles. The third kappa shape index (κ3) is 4.19. The van der Waals surface area contributed by atoms with E-state index in [0.717, 1.165) is 24.8 Å². The van der Waals surface area contributed by atoms with Gasteiger partial charge in [0.25, 0.3) is 11.1 Å². The molecule has 0 aliphatic heterocycles. The predicted octanol–water partition coefficient (Wildman–Crippen LogP) is 3.45. The van der Waals surface area contributed by atoms with Crippen molar-refractivity contribution in [2.75, 3.05) is 0 Å². The maximum atomic E-state index is 13.7. The summed E-state index contributed by atoms with van der Waals surface area (Å²) >= 11 is 0. The van der Waals surface area contributed by atoms with Crippen molar-refractivity contribution in [3.63, 3.8) is 0 Å². The summed E-state index contributed by atoms with van der Waals surface area (Å²) in [7, 11) is 0. The molecule has 186 valence electrons. The van der Waals surface area contributed by atoms with Gasteiger partial charge in [-0.05, 0) is 24.3 Å². The lowest BCUT2D eigenvalue weighted by Gasteiger charge is -2.16. The first-order valence-corrected chi connectivity index (χ1v) is 12.4.